The highest BCUT2D eigenvalue weighted by Gasteiger charge is 2.02. The Kier molecular flexibility index (Phi) is 5.63. The van der Waals surface area contributed by atoms with E-state index in [0.717, 1.165) is 5.69 Å². The van der Waals surface area contributed by atoms with E-state index >= 15 is 0 Å². The smallest absolute Gasteiger partial charge is 0.307 e. The molecule has 0 bridgehead atoms. The summed E-state index contributed by atoms with van der Waals surface area (Å²) in [5, 5.41) is 6.57. The highest BCUT2D eigenvalue weighted by Crippen LogP contribution is 1.98. The van der Waals surface area contributed by atoms with Crippen molar-refractivity contribution in [1.82, 2.24) is 15.1 Å². The number of aromatic nitrogens is 2. The number of nitrogens with one attached hydrogen (secondary N) is 1. The molecule has 1 amide bonds. The van der Waals surface area contributed by atoms with Gasteiger partial charge in [0.05, 0.1) is 18.7 Å². The van der Waals surface area contributed by atoms with E-state index in [1.807, 2.05) is 0 Å². The molecular weight excluding hydrogens is 234 g/mol. The van der Waals surface area contributed by atoms with Crippen molar-refractivity contribution in [3.05, 3.63) is 24.0 Å². The molecule has 1 aromatic rings. The van der Waals surface area contributed by atoms with E-state index in [9.17, 15) is 9.59 Å². The lowest BCUT2D eigenvalue weighted by molar-refractivity contribution is -0.142. The topological polar surface area (TPSA) is 73.2 Å². The van der Waals surface area contributed by atoms with Crippen LogP contribution in [0.1, 0.15) is 19.0 Å². The van der Waals surface area contributed by atoms with Gasteiger partial charge in [-0.15, -0.1) is 0 Å². The van der Waals surface area contributed by atoms with Crippen molar-refractivity contribution < 1.29 is 14.3 Å². The highest BCUT2D eigenvalue weighted by atomic mass is 16.5. The maximum absolute atomic E-state index is 11.4. The van der Waals surface area contributed by atoms with Crippen molar-refractivity contribution >= 4 is 18.0 Å². The first-order chi connectivity index (χ1) is 8.63. The second-order valence-corrected chi connectivity index (χ2v) is 3.56. The second kappa shape index (κ2) is 7.26. The first kappa shape index (κ1) is 14.0. The molecule has 0 aliphatic rings. The minimum Gasteiger partial charge on any atom is -0.466 e. The van der Waals surface area contributed by atoms with Crippen LogP contribution in [0.3, 0.4) is 0 Å². The Bertz CT molecular complexity index is 438. The number of amides is 1. The van der Waals surface area contributed by atoms with E-state index in [1.54, 1.807) is 37.0 Å². The van der Waals surface area contributed by atoms with Gasteiger partial charge in [-0.2, -0.15) is 5.10 Å². The van der Waals surface area contributed by atoms with Crippen LogP contribution >= 0.6 is 0 Å². The fourth-order valence-electron chi connectivity index (χ4n) is 1.29. The quantitative estimate of drug-likeness (QED) is 0.590. The summed E-state index contributed by atoms with van der Waals surface area (Å²) >= 11 is 0. The molecular formula is C12H17N3O3. The number of esters is 1. The molecule has 1 rings (SSSR count). The third-order valence-corrected chi connectivity index (χ3v) is 2.20. The molecule has 0 aliphatic carbocycles. The number of rotatable bonds is 6. The molecule has 0 aliphatic heterocycles. The Morgan fingerprint density at radius 2 is 2.33 bits per heavy atom. The minimum atomic E-state index is -0.312. The third-order valence-electron chi connectivity index (χ3n) is 2.20. The van der Waals surface area contributed by atoms with Gasteiger partial charge >= 0.3 is 5.97 Å². The van der Waals surface area contributed by atoms with Crippen LogP contribution in [0.2, 0.25) is 0 Å². The lowest BCUT2D eigenvalue weighted by Crippen LogP contribution is -2.24. The maximum Gasteiger partial charge on any atom is 0.307 e. The molecule has 1 heterocycles. The van der Waals surface area contributed by atoms with Crippen molar-refractivity contribution in [3.63, 3.8) is 0 Å². The van der Waals surface area contributed by atoms with Crippen molar-refractivity contribution in [2.75, 3.05) is 13.2 Å². The Morgan fingerprint density at radius 1 is 1.56 bits per heavy atom. The molecule has 0 saturated heterocycles. The lowest BCUT2D eigenvalue weighted by Gasteiger charge is -2.02. The zero-order chi connectivity index (χ0) is 13.4. The number of ether oxygens (including phenoxy) is 1. The van der Waals surface area contributed by atoms with Crippen LogP contribution in [-0.4, -0.2) is 34.8 Å². The van der Waals surface area contributed by atoms with E-state index in [0.29, 0.717) is 6.61 Å². The Labute approximate surface area is 106 Å². The minimum absolute atomic E-state index is 0.180. The summed E-state index contributed by atoms with van der Waals surface area (Å²) in [4.78, 5) is 22.4. The average Bonchev–Trinajstić information content (AvgIpc) is 2.72. The fraction of sp³-hybridized carbons (Fsp3) is 0.417. The molecule has 0 aromatic carbocycles. The van der Waals surface area contributed by atoms with Crippen molar-refractivity contribution in [2.45, 2.75) is 13.3 Å². The summed E-state index contributed by atoms with van der Waals surface area (Å²) in [6, 6.07) is 1.79. The Balaban J connectivity index is 2.28. The summed E-state index contributed by atoms with van der Waals surface area (Å²) in [6.07, 6.45) is 4.90. The van der Waals surface area contributed by atoms with E-state index in [-0.39, 0.29) is 24.8 Å². The van der Waals surface area contributed by atoms with Crippen LogP contribution in [0.5, 0.6) is 0 Å². The van der Waals surface area contributed by atoms with Crippen LogP contribution in [-0.2, 0) is 21.4 Å². The summed E-state index contributed by atoms with van der Waals surface area (Å²) < 4.78 is 6.39. The molecule has 1 N–H and O–H groups in total. The summed E-state index contributed by atoms with van der Waals surface area (Å²) in [6.45, 7) is 2.37. The van der Waals surface area contributed by atoms with Crippen LogP contribution in [0.4, 0.5) is 0 Å². The van der Waals surface area contributed by atoms with Crippen molar-refractivity contribution in [2.24, 2.45) is 7.05 Å². The van der Waals surface area contributed by atoms with E-state index in [2.05, 4.69) is 10.4 Å². The molecule has 0 saturated carbocycles. The zero-order valence-corrected chi connectivity index (χ0v) is 10.5. The van der Waals surface area contributed by atoms with Crippen LogP contribution in [0.15, 0.2) is 18.3 Å². The van der Waals surface area contributed by atoms with Gasteiger partial charge in [-0.05, 0) is 19.1 Å². The van der Waals surface area contributed by atoms with Gasteiger partial charge in [0.1, 0.15) is 0 Å². The molecule has 98 valence electrons. The Hall–Kier alpha value is -2.11. The van der Waals surface area contributed by atoms with Gasteiger partial charge in [0.2, 0.25) is 5.91 Å². The molecule has 18 heavy (non-hydrogen) atoms. The highest BCUT2D eigenvalue weighted by molar-refractivity contribution is 5.91. The van der Waals surface area contributed by atoms with Gasteiger partial charge in [-0.1, -0.05) is 0 Å². The Morgan fingerprint density at radius 3 is 2.94 bits per heavy atom. The standard InChI is InChI=1S/C12H17N3O3/c1-3-18-12(17)7-8-13-11(16)5-4-10-6-9-14-15(10)2/h4-6,9H,3,7-8H2,1-2H3,(H,13,16). The normalized spacial score (nSPS) is 10.6. The number of hydrogen-bond donors (Lipinski definition) is 1. The van der Waals surface area contributed by atoms with Crippen molar-refractivity contribution in [3.8, 4) is 0 Å². The van der Waals surface area contributed by atoms with Gasteiger partial charge in [-0.25, -0.2) is 0 Å². The van der Waals surface area contributed by atoms with Gasteiger partial charge in [0.25, 0.3) is 0 Å². The fourth-order valence-corrected chi connectivity index (χ4v) is 1.29. The summed E-state index contributed by atoms with van der Waals surface area (Å²) in [5.74, 6) is -0.561. The molecule has 0 unspecified atom stereocenters. The molecule has 0 fully saturated rings. The maximum atomic E-state index is 11.4. The number of carbonyl (C=O) groups is 2. The van der Waals surface area contributed by atoms with Gasteiger partial charge in [0, 0.05) is 25.9 Å². The van der Waals surface area contributed by atoms with Crippen molar-refractivity contribution in [1.29, 1.82) is 0 Å². The van der Waals surface area contributed by atoms with Gasteiger partial charge < -0.3 is 10.1 Å². The summed E-state index contributed by atoms with van der Waals surface area (Å²) in [5.41, 5.74) is 0.829. The molecule has 0 atom stereocenters. The molecule has 1 aromatic heterocycles. The van der Waals surface area contributed by atoms with Crippen LogP contribution < -0.4 is 5.32 Å². The van der Waals surface area contributed by atoms with E-state index < -0.39 is 0 Å². The number of hydrogen-bond acceptors (Lipinski definition) is 4. The van der Waals surface area contributed by atoms with E-state index in [4.69, 9.17) is 4.74 Å². The average molecular weight is 251 g/mol. The predicted octanol–water partition coefficient (Wildman–Crippen LogP) is 0.503. The first-order valence-corrected chi connectivity index (χ1v) is 5.73. The largest absolute Gasteiger partial charge is 0.466 e. The number of aryl methyl sites for hydroxylation is 1. The molecule has 0 spiro atoms. The second-order valence-electron chi connectivity index (χ2n) is 3.56. The van der Waals surface area contributed by atoms with Crippen LogP contribution in [0, 0.1) is 0 Å². The number of carbonyl (C=O) groups excluding carboxylic acids is 2. The van der Waals surface area contributed by atoms with Gasteiger partial charge in [0.15, 0.2) is 0 Å². The number of nitrogens with zero attached hydrogens (tertiary/aromatic N) is 2. The zero-order valence-electron chi connectivity index (χ0n) is 10.5. The molecule has 0 radical (unpaired) electrons. The first-order valence-electron chi connectivity index (χ1n) is 5.73. The lowest BCUT2D eigenvalue weighted by atomic mass is 10.3. The van der Waals surface area contributed by atoms with Gasteiger partial charge in [-0.3, -0.25) is 14.3 Å². The van der Waals surface area contributed by atoms with Crippen LogP contribution in [0.25, 0.3) is 6.08 Å². The predicted molar refractivity (Wildman–Crippen MR) is 66.5 cm³/mol. The monoisotopic (exact) mass is 251 g/mol. The third kappa shape index (κ3) is 4.82. The molecule has 6 heteroatoms. The van der Waals surface area contributed by atoms with E-state index in [1.165, 1.54) is 6.08 Å². The SMILES string of the molecule is CCOC(=O)CCNC(=O)C=Cc1ccnn1C. The molecule has 6 nitrogen and oxygen atoms in total. The summed E-state index contributed by atoms with van der Waals surface area (Å²) in [7, 11) is 1.79.